The van der Waals surface area contributed by atoms with E-state index >= 15 is 0 Å². The van der Waals surface area contributed by atoms with Gasteiger partial charge >= 0.3 is 6.09 Å². The first kappa shape index (κ1) is 9.58. The van der Waals surface area contributed by atoms with Crippen LogP contribution in [0.25, 0.3) is 0 Å². The number of benzene rings is 1. The molecular formula is C10H13NO2. The molecule has 0 aliphatic carbocycles. The zero-order valence-corrected chi connectivity index (χ0v) is 7.83. The van der Waals surface area contributed by atoms with Gasteiger partial charge in [0.1, 0.15) is 0 Å². The molecule has 1 rings (SSSR count). The molecule has 3 nitrogen and oxygen atoms in total. The Bertz CT molecular complexity index is 279. The number of amides is 1. The van der Waals surface area contributed by atoms with Crippen molar-refractivity contribution in [3.63, 3.8) is 0 Å². The maximum absolute atomic E-state index is 10.8. The Morgan fingerprint density at radius 3 is 2.46 bits per heavy atom. The predicted octanol–water partition coefficient (Wildman–Crippen LogP) is 2.43. The number of carbonyl (C=O) groups excluding carboxylic acids is 1. The maximum atomic E-state index is 10.8. The Morgan fingerprint density at radius 2 is 2.00 bits per heavy atom. The van der Waals surface area contributed by atoms with E-state index in [-0.39, 0.29) is 0 Å². The molecule has 1 aromatic carbocycles. The number of nitrogens with one attached hydrogen (secondary N) is 1. The molecule has 0 aromatic heterocycles. The molecular weight excluding hydrogens is 166 g/mol. The van der Waals surface area contributed by atoms with Crippen molar-refractivity contribution in [2.75, 3.05) is 12.4 Å². The zero-order chi connectivity index (χ0) is 9.68. The van der Waals surface area contributed by atoms with Gasteiger partial charge in [0, 0.05) is 5.69 Å². The van der Waals surface area contributed by atoms with Crippen LogP contribution in [0.3, 0.4) is 0 Å². The summed E-state index contributed by atoms with van der Waals surface area (Å²) in [4.78, 5) is 10.8. The van der Waals surface area contributed by atoms with Crippen molar-refractivity contribution < 1.29 is 9.53 Å². The van der Waals surface area contributed by atoms with Crippen LogP contribution in [0, 0.1) is 0 Å². The van der Waals surface area contributed by atoms with Gasteiger partial charge in [-0.1, -0.05) is 19.1 Å². The molecule has 0 saturated heterocycles. The van der Waals surface area contributed by atoms with Crippen LogP contribution in [0.4, 0.5) is 10.5 Å². The van der Waals surface area contributed by atoms with Crippen molar-refractivity contribution in [2.45, 2.75) is 13.3 Å². The number of aryl methyl sites for hydroxylation is 1. The molecule has 1 aromatic rings. The summed E-state index contributed by atoms with van der Waals surface area (Å²) >= 11 is 0. The lowest BCUT2D eigenvalue weighted by Crippen LogP contribution is -2.10. The summed E-state index contributed by atoms with van der Waals surface area (Å²) in [7, 11) is 1.34. The predicted molar refractivity (Wildman–Crippen MR) is 51.8 cm³/mol. The molecule has 0 atom stereocenters. The monoisotopic (exact) mass is 179 g/mol. The highest BCUT2D eigenvalue weighted by atomic mass is 16.5. The molecule has 3 heteroatoms. The Morgan fingerprint density at radius 1 is 1.38 bits per heavy atom. The van der Waals surface area contributed by atoms with Gasteiger partial charge in [0.2, 0.25) is 0 Å². The minimum Gasteiger partial charge on any atom is -0.453 e. The van der Waals surface area contributed by atoms with Crippen LogP contribution in [-0.2, 0) is 11.2 Å². The fraction of sp³-hybridized carbons (Fsp3) is 0.300. The van der Waals surface area contributed by atoms with Gasteiger partial charge in [-0.3, -0.25) is 5.32 Å². The molecule has 13 heavy (non-hydrogen) atoms. The largest absolute Gasteiger partial charge is 0.453 e. The summed E-state index contributed by atoms with van der Waals surface area (Å²) in [6.45, 7) is 2.09. The summed E-state index contributed by atoms with van der Waals surface area (Å²) in [5.74, 6) is 0. The minimum absolute atomic E-state index is 0.441. The summed E-state index contributed by atoms with van der Waals surface area (Å²) in [5.41, 5.74) is 2.00. The first-order chi connectivity index (χ1) is 6.26. The average molecular weight is 179 g/mol. The number of ether oxygens (including phenoxy) is 1. The number of methoxy groups -OCH3 is 1. The highest BCUT2D eigenvalue weighted by Crippen LogP contribution is 2.09. The maximum Gasteiger partial charge on any atom is 0.411 e. The van der Waals surface area contributed by atoms with Crippen LogP contribution in [0.5, 0.6) is 0 Å². The number of anilines is 1. The fourth-order valence-corrected chi connectivity index (χ4v) is 0.993. The van der Waals surface area contributed by atoms with Crippen LogP contribution in [-0.4, -0.2) is 13.2 Å². The fourth-order valence-electron chi connectivity index (χ4n) is 0.993. The molecule has 0 aliphatic heterocycles. The van der Waals surface area contributed by atoms with Gasteiger partial charge in [0.05, 0.1) is 7.11 Å². The first-order valence-electron chi connectivity index (χ1n) is 4.20. The van der Waals surface area contributed by atoms with E-state index in [1.165, 1.54) is 12.7 Å². The molecule has 0 unspecified atom stereocenters. The first-order valence-corrected chi connectivity index (χ1v) is 4.20. The molecule has 1 N–H and O–H groups in total. The topological polar surface area (TPSA) is 38.3 Å². The lowest BCUT2D eigenvalue weighted by Gasteiger charge is -2.03. The Kier molecular flexibility index (Phi) is 3.31. The van der Waals surface area contributed by atoms with E-state index in [0.29, 0.717) is 0 Å². The lowest BCUT2D eigenvalue weighted by molar-refractivity contribution is 0.187. The zero-order valence-electron chi connectivity index (χ0n) is 7.83. The van der Waals surface area contributed by atoms with Crippen LogP contribution in [0.2, 0.25) is 0 Å². The molecule has 0 spiro atoms. The molecule has 0 saturated carbocycles. The van der Waals surface area contributed by atoms with Gasteiger partial charge in [0.25, 0.3) is 0 Å². The molecule has 0 fully saturated rings. The van der Waals surface area contributed by atoms with Crippen molar-refractivity contribution in [3.05, 3.63) is 29.8 Å². The van der Waals surface area contributed by atoms with Gasteiger partial charge in [0.15, 0.2) is 0 Å². The molecule has 70 valence electrons. The third kappa shape index (κ3) is 2.78. The molecule has 0 radical (unpaired) electrons. The molecule has 1 amide bonds. The third-order valence-electron chi connectivity index (χ3n) is 1.79. The van der Waals surface area contributed by atoms with Gasteiger partial charge in [-0.2, -0.15) is 0 Å². The van der Waals surface area contributed by atoms with E-state index in [2.05, 4.69) is 17.0 Å². The molecule has 0 bridgehead atoms. The molecule has 0 aliphatic rings. The van der Waals surface area contributed by atoms with E-state index < -0.39 is 6.09 Å². The second-order valence-corrected chi connectivity index (χ2v) is 2.67. The summed E-state index contributed by atoms with van der Waals surface area (Å²) in [6, 6.07) is 7.67. The standard InChI is InChI=1S/C10H13NO2/c1-3-8-4-6-9(7-5-8)11-10(12)13-2/h4-7H,3H2,1-2H3,(H,11,12). The summed E-state index contributed by atoms with van der Waals surface area (Å²) in [6.07, 6.45) is 0.558. The third-order valence-corrected chi connectivity index (χ3v) is 1.79. The minimum atomic E-state index is -0.441. The van der Waals surface area contributed by atoms with E-state index in [1.54, 1.807) is 0 Å². The Balaban J connectivity index is 2.64. The van der Waals surface area contributed by atoms with Crippen molar-refractivity contribution >= 4 is 11.8 Å². The van der Waals surface area contributed by atoms with Crippen molar-refractivity contribution in [2.24, 2.45) is 0 Å². The second kappa shape index (κ2) is 4.50. The quantitative estimate of drug-likeness (QED) is 0.757. The molecule has 0 heterocycles. The normalized spacial score (nSPS) is 9.38. The van der Waals surface area contributed by atoms with E-state index in [9.17, 15) is 4.79 Å². The summed E-state index contributed by atoms with van der Waals surface area (Å²) < 4.78 is 4.46. The number of hydrogen-bond donors (Lipinski definition) is 1. The van der Waals surface area contributed by atoms with E-state index in [4.69, 9.17) is 0 Å². The van der Waals surface area contributed by atoms with Crippen molar-refractivity contribution in [1.29, 1.82) is 0 Å². The van der Waals surface area contributed by atoms with Gasteiger partial charge < -0.3 is 4.74 Å². The van der Waals surface area contributed by atoms with Crippen LogP contribution < -0.4 is 5.32 Å². The smallest absolute Gasteiger partial charge is 0.411 e. The van der Waals surface area contributed by atoms with Crippen LogP contribution >= 0.6 is 0 Å². The lowest BCUT2D eigenvalue weighted by atomic mass is 10.1. The van der Waals surface area contributed by atoms with E-state index in [1.807, 2.05) is 24.3 Å². The van der Waals surface area contributed by atoms with Crippen LogP contribution in [0.1, 0.15) is 12.5 Å². The number of hydrogen-bond acceptors (Lipinski definition) is 2. The van der Waals surface area contributed by atoms with E-state index in [0.717, 1.165) is 12.1 Å². The SMILES string of the molecule is CCc1ccc(NC(=O)OC)cc1. The average Bonchev–Trinajstić information content (AvgIpc) is 2.19. The summed E-state index contributed by atoms with van der Waals surface area (Å²) in [5, 5.41) is 2.58. The highest BCUT2D eigenvalue weighted by Gasteiger charge is 1.98. The van der Waals surface area contributed by atoms with Gasteiger partial charge in [-0.05, 0) is 24.1 Å². The van der Waals surface area contributed by atoms with Gasteiger partial charge in [-0.15, -0.1) is 0 Å². The highest BCUT2D eigenvalue weighted by molar-refractivity contribution is 5.84. The number of carbonyl (C=O) groups is 1. The van der Waals surface area contributed by atoms with Crippen molar-refractivity contribution in [3.8, 4) is 0 Å². The van der Waals surface area contributed by atoms with Crippen molar-refractivity contribution in [1.82, 2.24) is 0 Å². The Hall–Kier alpha value is -1.51. The van der Waals surface area contributed by atoms with Crippen LogP contribution in [0.15, 0.2) is 24.3 Å². The number of rotatable bonds is 2. The second-order valence-electron chi connectivity index (χ2n) is 2.67. The van der Waals surface area contributed by atoms with Gasteiger partial charge in [-0.25, -0.2) is 4.79 Å². The Labute approximate surface area is 77.7 Å².